The summed E-state index contributed by atoms with van der Waals surface area (Å²) >= 11 is 0. The zero-order valence-corrected chi connectivity index (χ0v) is 17.4. The lowest BCUT2D eigenvalue weighted by molar-refractivity contribution is -0.126. The predicted octanol–water partition coefficient (Wildman–Crippen LogP) is 3.38. The van der Waals surface area contributed by atoms with Gasteiger partial charge in [0, 0.05) is 13.3 Å². The standard InChI is InChI=1S/C25H26N2O4/c1-18(28)27-22(25(26)29)14-21-12-13-23(30-16-19-8-4-2-5-9-19)24(15-21)31-17-20-10-6-3-7-11-20/h2-13,15,22H,14,16-17H2,1H3,(H2,26,29)(H,27,28)/t22-/m0/s1. The van der Waals surface area contributed by atoms with Crippen molar-refractivity contribution in [2.75, 3.05) is 0 Å². The molecule has 3 N–H and O–H groups in total. The lowest BCUT2D eigenvalue weighted by Gasteiger charge is -2.17. The van der Waals surface area contributed by atoms with Crippen LogP contribution in [0.4, 0.5) is 0 Å². The zero-order chi connectivity index (χ0) is 22.1. The molecule has 3 rings (SSSR count). The van der Waals surface area contributed by atoms with Crippen molar-refractivity contribution in [3.05, 3.63) is 95.6 Å². The predicted molar refractivity (Wildman–Crippen MR) is 118 cm³/mol. The Balaban J connectivity index is 1.79. The van der Waals surface area contributed by atoms with Crippen molar-refractivity contribution in [2.24, 2.45) is 5.73 Å². The van der Waals surface area contributed by atoms with Gasteiger partial charge in [0.1, 0.15) is 19.3 Å². The molecule has 3 aromatic rings. The highest BCUT2D eigenvalue weighted by Gasteiger charge is 2.18. The highest BCUT2D eigenvalue weighted by atomic mass is 16.5. The van der Waals surface area contributed by atoms with Crippen molar-refractivity contribution in [1.82, 2.24) is 5.32 Å². The molecule has 0 radical (unpaired) electrons. The van der Waals surface area contributed by atoms with E-state index >= 15 is 0 Å². The molecule has 3 aromatic carbocycles. The number of amides is 2. The maximum atomic E-state index is 11.7. The van der Waals surface area contributed by atoms with Crippen LogP contribution in [0.25, 0.3) is 0 Å². The molecule has 0 unspecified atom stereocenters. The number of hydrogen-bond donors (Lipinski definition) is 2. The molecule has 1 atom stereocenters. The van der Waals surface area contributed by atoms with Gasteiger partial charge >= 0.3 is 0 Å². The van der Waals surface area contributed by atoms with Crippen LogP contribution < -0.4 is 20.5 Å². The number of hydrogen-bond acceptors (Lipinski definition) is 4. The maximum absolute atomic E-state index is 11.7. The molecule has 160 valence electrons. The molecule has 0 saturated carbocycles. The Labute approximate surface area is 182 Å². The molecule has 0 saturated heterocycles. The van der Waals surface area contributed by atoms with E-state index in [2.05, 4.69) is 5.32 Å². The normalized spacial score (nSPS) is 11.4. The molecule has 6 heteroatoms. The molecule has 0 bridgehead atoms. The van der Waals surface area contributed by atoms with Crippen molar-refractivity contribution in [3.8, 4) is 11.5 Å². The van der Waals surface area contributed by atoms with E-state index in [1.165, 1.54) is 6.92 Å². The van der Waals surface area contributed by atoms with Crippen molar-refractivity contribution in [3.63, 3.8) is 0 Å². The molecule has 0 aliphatic heterocycles. The monoisotopic (exact) mass is 418 g/mol. The van der Waals surface area contributed by atoms with Crippen LogP contribution in [-0.4, -0.2) is 17.9 Å². The fraction of sp³-hybridized carbons (Fsp3) is 0.200. The zero-order valence-electron chi connectivity index (χ0n) is 17.4. The molecule has 2 amide bonds. The molecule has 0 aliphatic rings. The van der Waals surface area contributed by atoms with E-state index in [0.717, 1.165) is 16.7 Å². The fourth-order valence-corrected chi connectivity index (χ4v) is 3.09. The van der Waals surface area contributed by atoms with Gasteiger partial charge in [0.2, 0.25) is 11.8 Å². The van der Waals surface area contributed by atoms with Gasteiger partial charge in [-0.3, -0.25) is 9.59 Å². The van der Waals surface area contributed by atoms with Crippen LogP contribution in [0.1, 0.15) is 23.6 Å². The van der Waals surface area contributed by atoms with Gasteiger partial charge in [-0.2, -0.15) is 0 Å². The molecule has 0 aliphatic carbocycles. The van der Waals surface area contributed by atoms with E-state index in [1.807, 2.05) is 78.9 Å². The van der Waals surface area contributed by atoms with Gasteiger partial charge in [-0.25, -0.2) is 0 Å². The molecule has 6 nitrogen and oxygen atoms in total. The first-order valence-electron chi connectivity index (χ1n) is 10.0. The van der Waals surface area contributed by atoms with E-state index in [4.69, 9.17) is 15.2 Å². The molecule has 31 heavy (non-hydrogen) atoms. The second kappa shape index (κ2) is 10.8. The molecule has 0 heterocycles. The number of nitrogens with two attached hydrogens (primary N) is 1. The fourth-order valence-electron chi connectivity index (χ4n) is 3.09. The third-order valence-electron chi connectivity index (χ3n) is 4.64. The number of primary amides is 1. The summed E-state index contributed by atoms with van der Waals surface area (Å²) in [6, 6.07) is 24.3. The minimum Gasteiger partial charge on any atom is -0.485 e. The van der Waals surface area contributed by atoms with Gasteiger partial charge in [0.15, 0.2) is 11.5 Å². The van der Waals surface area contributed by atoms with Crippen LogP contribution in [-0.2, 0) is 29.2 Å². The minimum atomic E-state index is -0.796. The number of benzene rings is 3. The van der Waals surface area contributed by atoms with Crippen molar-refractivity contribution < 1.29 is 19.1 Å². The van der Waals surface area contributed by atoms with Crippen molar-refractivity contribution in [1.29, 1.82) is 0 Å². The van der Waals surface area contributed by atoms with Gasteiger partial charge < -0.3 is 20.5 Å². The summed E-state index contributed by atoms with van der Waals surface area (Å²) < 4.78 is 12.0. The van der Waals surface area contributed by atoms with Crippen LogP contribution >= 0.6 is 0 Å². The Hall–Kier alpha value is -3.80. The van der Waals surface area contributed by atoms with Crippen molar-refractivity contribution in [2.45, 2.75) is 32.6 Å². The average Bonchev–Trinajstić information content (AvgIpc) is 2.77. The average molecular weight is 418 g/mol. The first-order valence-corrected chi connectivity index (χ1v) is 10.0. The van der Waals surface area contributed by atoms with Crippen LogP contribution in [0.2, 0.25) is 0 Å². The highest BCUT2D eigenvalue weighted by Crippen LogP contribution is 2.30. The summed E-state index contributed by atoms with van der Waals surface area (Å²) in [4.78, 5) is 23.1. The lowest BCUT2D eigenvalue weighted by Crippen LogP contribution is -2.44. The van der Waals surface area contributed by atoms with Gasteiger partial charge in [-0.15, -0.1) is 0 Å². The van der Waals surface area contributed by atoms with Crippen molar-refractivity contribution >= 4 is 11.8 Å². The summed E-state index contributed by atoms with van der Waals surface area (Å²) in [5, 5.41) is 2.58. The summed E-state index contributed by atoms with van der Waals surface area (Å²) in [6.45, 7) is 2.12. The smallest absolute Gasteiger partial charge is 0.240 e. The van der Waals surface area contributed by atoms with Gasteiger partial charge in [-0.1, -0.05) is 66.7 Å². The van der Waals surface area contributed by atoms with E-state index in [0.29, 0.717) is 24.7 Å². The second-order valence-corrected chi connectivity index (χ2v) is 7.19. The Morgan fingerprint density at radius 3 is 1.87 bits per heavy atom. The maximum Gasteiger partial charge on any atom is 0.240 e. The third-order valence-corrected chi connectivity index (χ3v) is 4.64. The summed E-state index contributed by atoms with van der Waals surface area (Å²) in [6.07, 6.45) is 0.259. The van der Waals surface area contributed by atoms with Crippen LogP contribution in [0.5, 0.6) is 11.5 Å². The SMILES string of the molecule is CC(=O)N[C@@H](Cc1ccc(OCc2ccccc2)c(OCc2ccccc2)c1)C(N)=O. The molecule has 0 spiro atoms. The summed E-state index contributed by atoms with van der Waals surface area (Å²) in [5.41, 5.74) is 8.30. The first-order chi connectivity index (χ1) is 15.0. The number of carbonyl (C=O) groups excluding carboxylic acids is 2. The first kappa shape index (κ1) is 21.9. The Morgan fingerprint density at radius 2 is 1.35 bits per heavy atom. The van der Waals surface area contributed by atoms with Crippen LogP contribution in [0.15, 0.2) is 78.9 Å². The highest BCUT2D eigenvalue weighted by molar-refractivity contribution is 5.85. The van der Waals surface area contributed by atoms with Gasteiger partial charge in [-0.05, 0) is 28.8 Å². The molecular formula is C25H26N2O4. The van der Waals surface area contributed by atoms with E-state index in [-0.39, 0.29) is 12.3 Å². The number of nitrogens with one attached hydrogen (secondary N) is 1. The number of ether oxygens (including phenoxy) is 2. The van der Waals surface area contributed by atoms with E-state index < -0.39 is 11.9 Å². The number of carbonyl (C=O) groups is 2. The summed E-state index contributed by atoms with van der Waals surface area (Å²) in [7, 11) is 0. The second-order valence-electron chi connectivity index (χ2n) is 7.19. The quantitative estimate of drug-likeness (QED) is 0.528. The molecule has 0 aromatic heterocycles. The Kier molecular flexibility index (Phi) is 7.65. The Bertz CT molecular complexity index is 1010. The lowest BCUT2D eigenvalue weighted by atomic mass is 10.0. The van der Waals surface area contributed by atoms with Crippen LogP contribution in [0, 0.1) is 0 Å². The minimum absolute atomic E-state index is 0.259. The summed E-state index contributed by atoms with van der Waals surface area (Å²) in [5.74, 6) is 0.250. The van der Waals surface area contributed by atoms with Crippen LogP contribution in [0.3, 0.4) is 0 Å². The van der Waals surface area contributed by atoms with Gasteiger partial charge in [0.05, 0.1) is 0 Å². The topological polar surface area (TPSA) is 90.7 Å². The molecule has 0 fully saturated rings. The van der Waals surface area contributed by atoms with E-state index in [9.17, 15) is 9.59 Å². The number of rotatable bonds is 10. The largest absolute Gasteiger partial charge is 0.485 e. The van der Waals surface area contributed by atoms with E-state index in [1.54, 1.807) is 0 Å². The third kappa shape index (κ3) is 6.89. The molecular weight excluding hydrogens is 392 g/mol. The van der Waals surface area contributed by atoms with Gasteiger partial charge in [0.25, 0.3) is 0 Å². The Morgan fingerprint density at radius 1 is 0.806 bits per heavy atom.